The Morgan fingerprint density at radius 3 is 1.06 bits per heavy atom. The van der Waals surface area contributed by atoms with E-state index in [-0.39, 0.29) is 34.6 Å². The molecule has 2 N–H and O–H groups in total. The van der Waals surface area contributed by atoms with E-state index in [9.17, 15) is 10.2 Å². The van der Waals surface area contributed by atoms with Gasteiger partial charge in [-0.15, -0.1) is 18.2 Å². The van der Waals surface area contributed by atoms with Gasteiger partial charge < -0.3 is 49.3 Å². The first-order valence-electron chi connectivity index (χ1n) is 15.8. The molecule has 266 valence electrons. The maximum Gasteiger partial charge on any atom is 2.00 e. The molecule has 0 aliphatic heterocycles. The predicted molar refractivity (Wildman–Crippen MR) is 199 cm³/mol. The van der Waals surface area contributed by atoms with Crippen molar-refractivity contribution in [2.75, 3.05) is 28.4 Å². The van der Waals surface area contributed by atoms with E-state index in [0.29, 0.717) is 23.0 Å². The molecule has 0 atom stereocenters. The summed E-state index contributed by atoms with van der Waals surface area (Å²) < 4.78 is 36.4. The minimum Gasteiger partial charge on any atom is -0.591 e. The molecule has 0 radical (unpaired) electrons. The quantitative estimate of drug-likeness (QED) is 0.118. The first-order chi connectivity index (χ1) is 24.1. The van der Waals surface area contributed by atoms with E-state index in [4.69, 9.17) is 32.2 Å². The molecule has 10 heteroatoms. The number of methoxy groups -OCH3 is 4. The number of phenolic OH excluding ortho intramolecular Hbond substituents is 2. The topological polar surface area (TPSA) is 117 Å². The molecular formula is C41H44MgO9-2. The van der Waals surface area contributed by atoms with Crippen LogP contribution in [0.15, 0.2) is 86.0 Å². The molecule has 0 saturated heterocycles. The number of benzene rings is 3. The van der Waals surface area contributed by atoms with Gasteiger partial charge in [0.1, 0.15) is 34.5 Å². The summed E-state index contributed by atoms with van der Waals surface area (Å²) in [6, 6.07) is 21.3. The Bertz CT molecular complexity index is 1740. The average Bonchev–Trinajstić information content (AvgIpc) is 3.96. The predicted octanol–water partition coefficient (Wildman–Crippen LogP) is 9.85. The van der Waals surface area contributed by atoms with Crippen LogP contribution in [0.5, 0.6) is 34.5 Å². The van der Waals surface area contributed by atoms with Crippen molar-refractivity contribution in [3.8, 4) is 68.5 Å². The molecule has 0 aliphatic carbocycles. The normalized spacial score (nSPS) is 9.82. The fourth-order valence-electron chi connectivity index (χ4n) is 4.47. The van der Waals surface area contributed by atoms with Gasteiger partial charge in [-0.1, -0.05) is 13.3 Å². The Labute approximate surface area is 316 Å². The second kappa shape index (κ2) is 21.3. The fourth-order valence-corrected chi connectivity index (χ4v) is 4.47. The Kier molecular flexibility index (Phi) is 17.7. The van der Waals surface area contributed by atoms with Crippen LogP contribution >= 0.6 is 0 Å². The molecule has 3 heterocycles. The standard InChI is InChI=1S/C13H13O3.2C12H11O3.C4H9.Mg/c1-9-12(14-2)7-10(8-13(9)15-3)11-5-4-6-16-11;2*1-8-10(13)6-9(7-12(8)14-2)11-4-3-5-15-11;1-3-4-2;/h4-5,7-8H,1-3H3;2*3-4,6-7,13H,1-2H3;1,3-4H2,2H3;/q4*-1;+2. The van der Waals surface area contributed by atoms with Crippen molar-refractivity contribution in [2.24, 2.45) is 0 Å². The van der Waals surface area contributed by atoms with Crippen LogP contribution in [0, 0.1) is 46.5 Å². The summed E-state index contributed by atoms with van der Waals surface area (Å²) in [6.07, 6.45) is 10.1. The van der Waals surface area contributed by atoms with Crippen LogP contribution in [0.1, 0.15) is 36.5 Å². The number of rotatable bonds is 8. The van der Waals surface area contributed by atoms with E-state index >= 15 is 0 Å². The van der Waals surface area contributed by atoms with Crippen molar-refractivity contribution < 1.29 is 42.4 Å². The summed E-state index contributed by atoms with van der Waals surface area (Å²) in [5.41, 5.74) is 4.88. The van der Waals surface area contributed by atoms with Crippen LogP contribution in [0.25, 0.3) is 34.0 Å². The third-order valence-corrected chi connectivity index (χ3v) is 7.48. The molecule has 0 bridgehead atoms. The zero-order valence-electron chi connectivity index (χ0n) is 30.5. The SMILES string of the molecule is COc1cc(-c2cc[c-]o2)cc(O)c1C.COc1cc(-c2cc[c-]o2)cc(O)c1C.COc1cc(-c2cc[c-]o2)cc(OC)c1C.[CH2-]CCC.[Mg+2]. The van der Waals surface area contributed by atoms with E-state index in [1.165, 1.54) is 6.42 Å². The molecule has 3 aromatic heterocycles. The number of hydrogen-bond donors (Lipinski definition) is 2. The Morgan fingerprint density at radius 1 is 0.549 bits per heavy atom. The van der Waals surface area contributed by atoms with Crippen LogP contribution in [0.3, 0.4) is 0 Å². The number of furan rings is 3. The van der Waals surface area contributed by atoms with Crippen molar-refractivity contribution in [2.45, 2.75) is 40.5 Å². The second-order valence-corrected chi connectivity index (χ2v) is 10.8. The van der Waals surface area contributed by atoms with Gasteiger partial charge in [0.25, 0.3) is 0 Å². The van der Waals surface area contributed by atoms with E-state index < -0.39 is 0 Å². The van der Waals surface area contributed by atoms with Gasteiger partial charge in [0, 0.05) is 16.7 Å². The van der Waals surface area contributed by atoms with E-state index in [0.717, 1.165) is 57.1 Å². The maximum absolute atomic E-state index is 9.68. The molecule has 0 fully saturated rings. The summed E-state index contributed by atoms with van der Waals surface area (Å²) in [6.45, 7) is 11.3. The first kappa shape index (κ1) is 42.2. The van der Waals surface area contributed by atoms with Gasteiger partial charge in [0.15, 0.2) is 0 Å². The molecule has 0 spiro atoms. The van der Waals surface area contributed by atoms with Crippen LogP contribution in [0.2, 0.25) is 0 Å². The minimum absolute atomic E-state index is 0. The molecule has 9 nitrogen and oxygen atoms in total. The second-order valence-electron chi connectivity index (χ2n) is 10.8. The van der Waals surface area contributed by atoms with Crippen LogP contribution in [0.4, 0.5) is 0 Å². The number of unbranched alkanes of at least 4 members (excludes halogenated alkanes) is 1. The van der Waals surface area contributed by atoms with Crippen molar-refractivity contribution in [3.63, 3.8) is 0 Å². The smallest absolute Gasteiger partial charge is 0.591 e. The molecule has 3 aromatic carbocycles. The van der Waals surface area contributed by atoms with E-state index in [1.54, 1.807) is 84.8 Å². The molecular weight excluding hydrogens is 661 g/mol. The summed E-state index contributed by atoms with van der Waals surface area (Å²) in [4.78, 5) is 0. The van der Waals surface area contributed by atoms with Gasteiger partial charge in [-0.25, -0.2) is 0 Å². The van der Waals surface area contributed by atoms with Crippen molar-refractivity contribution >= 4 is 23.1 Å². The van der Waals surface area contributed by atoms with Crippen molar-refractivity contribution in [1.29, 1.82) is 0 Å². The van der Waals surface area contributed by atoms with Gasteiger partial charge in [0.2, 0.25) is 0 Å². The fraction of sp³-hybridized carbons (Fsp3) is 0.244. The molecule has 0 saturated carbocycles. The molecule has 0 aliphatic rings. The number of hydrogen-bond acceptors (Lipinski definition) is 9. The van der Waals surface area contributed by atoms with Crippen LogP contribution < -0.4 is 18.9 Å². The monoisotopic (exact) mass is 704 g/mol. The number of phenols is 2. The summed E-state index contributed by atoms with van der Waals surface area (Å²) in [5, 5.41) is 19.4. The number of aromatic hydroxyl groups is 2. The van der Waals surface area contributed by atoms with Gasteiger partial charge in [-0.3, -0.25) is 0 Å². The summed E-state index contributed by atoms with van der Waals surface area (Å²) >= 11 is 0. The third kappa shape index (κ3) is 11.6. The largest absolute Gasteiger partial charge is 2.00 e. The summed E-state index contributed by atoms with van der Waals surface area (Å²) in [5.74, 6) is 5.30. The Morgan fingerprint density at radius 2 is 0.824 bits per heavy atom. The maximum atomic E-state index is 9.68. The molecule has 0 amide bonds. The Balaban J connectivity index is 0.000000249. The van der Waals surface area contributed by atoms with Gasteiger partial charge in [0.05, 0.1) is 28.4 Å². The first-order valence-corrected chi connectivity index (χ1v) is 15.8. The summed E-state index contributed by atoms with van der Waals surface area (Å²) in [7, 11) is 6.42. The van der Waals surface area contributed by atoms with Crippen molar-refractivity contribution in [1.82, 2.24) is 0 Å². The molecule has 0 unspecified atom stereocenters. The Hall–Kier alpha value is -4.93. The van der Waals surface area contributed by atoms with Gasteiger partial charge in [-0.05, 0) is 110 Å². The number of ether oxygens (including phenoxy) is 4. The van der Waals surface area contributed by atoms with Crippen LogP contribution in [-0.4, -0.2) is 61.7 Å². The zero-order chi connectivity index (χ0) is 36.6. The van der Waals surface area contributed by atoms with E-state index in [1.807, 2.05) is 37.3 Å². The molecule has 51 heavy (non-hydrogen) atoms. The van der Waals surface area contributed by atoms with Gasteiger partial charge >= 0.3 is 23.1 Å². The third-order valence-electron chi connectivity index (χ3n) is 7.48. The molecule has 6 rings (SSSR count). The van der Waals surface area contributed by atoms with E-state index in [2.05, 4.69) is 32.6 Å². The van der Waals surface area contributed by atoms with Crippen LogP contribution in [-0.2, 0) is 0 Å². The zero-order valence-corrected chi connectivity index (χ0v) is 31.9. The average molecular weight is 705 g/mol. The minimum atomic E-state index is 0. The molecule has 6 aromatic rings. The van der Waals surface area contributed by atoms with Gasteiger partial charge in [-0.2, -0.15) is 24.6 Å². The van der Waals surface area contributed by atoms with Crippen molar-refractivity contribution in [3.05, 3.63) is 115 Å².